The third kappa shape index (κ3) is 5.37. The molecule has 2 unspecified atom stereocenters. The molecule has 2 nitrogen and oxygen atoms in total. The average molecular weight is 399 g/mol. The predicted molar refractivity (Wildman–Crippen MR) is 126 cm³/mol. The summed E-state index contributed by atoms with van der Waals surface area (Å²) >= 11 is 0. The van der Waals surface area contributed by atoms with E-state index in [1.54, 1.807) is 0 Å². The lowest BCUT2D eigenvalue weighted by Crippen LogP contribution is -2.13. The first-order chi connectivity index (χ1) is 14.3. The van der Waals surface area contributed by atoms with Gasteiger partial charge in [-0.2, -0.15) is 0 Å². The van der Waals surface area contributed by atoms with Crippen LogP contribution in [-0.4, -0.2) is 5.11 Å². The van der Waals surface area contributed by atoms with Crippen molar-refractivity contribution in [3.63, 3.8) is 0 Å². The average Bonchev–Trinajstić information content (AvgIpc) is 2.77. The summed E-state index contributed by atoms with van der Waals surface area (Å²) in [4.78, 5) is 0. The van der Waals surface area contributed by atoms with Crippen molar-refractivity contribution in [1.29, 1.82) is 0 Å². The number of allylic oxidation sites excluding steroid dienone is 4. The van der Waals surface area contributed by atoms with E-state index in [1.807, 2.05) is 24.3 Å². The molecule has 0 heterocycles. The number of benzene rings is 3. The second-order valence-corrected chi connectivity index (χ2v) is 8.69. The number of hydrogen-bond donors (Lipinski definition) is 2. The summed E-state index contributed by atoms with van der Waals surface area (Å²) in [6.45, 7) is 0.771. The Morgan fingerprint density at radius 1 is 0.897 bits per heavy atom. The van der Waals surface area contributed by atoms with Crippen molar-refractivity contribution >= 4 is 24.9 Å². The molecule has 2 atom stereocenters. The summed E-state index contributed by atoms with van der Waals surface area (Å²) in [5.41, 5.74) is 3.67. The highest BCUT2D eigenvalue weighted by Crippen LogP contribution is 2.24. The molecule has 0 saturated heterocycles. The number of rotatable bonds is 7. The number of nitrogens with one attached hydrogen (secondary N) is 1. The molecule has 2 N–H and O–H groups in total. The fourth-order valence-electron chi connectivity index (χ4n) is 3.59. The maximum absolute atomic E-state index is 10.5. The van der Waals surface area contributed by atoms with E-state index in [-0.39, 0.29) is 0 Å². The normalized spacial score (nSPS) is 15.8. The Labute approximate surface area is 174 Å². The number of phenolic OH excluding ortho intramolecular Hbond substituents is 1. The van der Waals surface area contributed by atoms with Gasteiger partial charge in [0.05, 0.1) is 0 Å². The van der Waals surface area contributed by atoms with Gasteiger partial charge in [-0.05, 0) is 59.5 Å². The van der Waals surface area contributed by atoms with Crippen LogP contribution in [0.15, 0.2) is 97.1 Å². The first-order valence-corrected chi connectivity index (χ1v) is 11.1. The van der Waals surface area contributed by atoms with Crippen molar-refractivity contribution in [2.75, 3.05) is 5.32 Å². The largest absolute Gasteiger partial charge is 0.507 e. The van der Waals surface area contributed by atoms with Crippen LogP contribution < -0.4 is 15.9 Å². The second-order valence-electron chi connectivity index (χ2n) is 7.37. The van der Waals surface area contributed by atoms with E-state index in [9.17, 15) is 5.11 Å². The minimum Gasteiger partial charge on any atom is -0.507 e. The highest BCUT2D eigenvalue weighted by atomic mass is 31.1. The zero-order valence-corrected chi connectivity index (χ0v) is 17.4. The lowest BCUT2D eigenvalue weighted by molar-refractivity contribution is 0.479. The highest BCUT2D eigenvalue weighted by Gasteiger charge is 2.11. The van der Waals surface area contributed by atoms with E-state index in [1.165, 1.54) is 16.4 Å². The maximum Gasteiger partial charge on any atom is 0.123 e. The van der Waals surface area contributed by atoms with Gasteiger partial charge in [-0.25, -0.2) is 0 Å². The van der Waals surface area contributed by atoms with E-state index in [0.29, 0.717) is 20.2 Å². The van der Waals surface area contributed by atoms with E-state index >= 15 is 0 Å². The minimum absolute atomic E-state index is 0.386. The summed E-state index contributed by atoms with van der Waals surface area (Å²) in [5, 5.41) is 16.2. The number of aromatic hydroxyl groups is 1. The van der Waals surface area contributed by atoms with Gasteiger partial charge in [-0.15, -0.1) is 0 Å². The van der Waals surface area contributed by atoms with Crippen LogP contribution in [0.1, 0.15) is 17.5 Å². The highest BCUT2D eigenvalue weighted by molar-refractivity contribution is 7.55. The van der Waals surface area contributed by atoms with E-state index < -0.39 is 0 Å². The van der Waals surface area contributed by atoms with Gasteiger partial charge in [-0.3, -0.25) is 0 Å². The summed E-state index contributed by atoms with van der Waals surface area (Å²) in [5.74, 6) is 0.931. The molecule has 4 rings (SSSR count). The molecule has 29 heavy (non-hydrogen) atoms. The monoisotopic (exact) mass is 399 g/mol. The Kier molecular flexibility index (Phi) is 6.44. The molecule has 0 amide bonds. The van der Waals surface area contributed by atoms with Gasteiger partial charge in [0.2, 0.25) is 0 Å². The van der Waals surface area contributed by atoms with Crippen LogP contribution in [0.3, 0.4) is 0 Å². The van der Waals surface area contributed by atoms with Gasteiger partial charge in [0.1, 0.15) is 5.75 Å². The van der Waals surface area contributed by atoms with Gasteiger partial charge >= 0.3 is 0 Å². The lowest BCUT2D eigenvalue weighted by atomic mass is 9.93. The summed E-state index contributed by atoms with van der Waals surface area (Å²) < 4.78 is 0. The molecule has 3 heteroatoms. The van der Waals surface area contributed by atoms with Crippen molar-refractivity contribution in [3.05, 3.63) is 108 Å². The Bertz CT molecular complexity index is 1010. The first kappa shape index (κ1) is 19.5. The molecule has 0 radical (unpaired) electrons. The molecule has 0 bridgehead atoms. The molecular formula is C26H26NOP. The fourth-order valence-corrected chi connectivity index (χ4v) is 4.86. The molecule has 0 saturated carbocycles. The summed E-state index contributed by atoms with van der Waals surface area (Å²) in [6, 6.07) is 24.8. The molecule has 0 spiro atoms. The third-order valence-corrected chi connectivity index (χ3v) is 6.60. The van der Waals surface area contributed by atoms with Gasteiger partial charge < -0.3 is 10.4 Å². The van der Waals surface area contributed by atoms with Crippen LogP contribution in [-0.2, 0) is 13.0 Å². The van der Waals surface area contributed by atoms with Gasteiger partial charge in [-0.1, -0.05) is 81.4 Å². The van der Waals surface area contributed by atoms with Crippen molar-refractivity contribution in [2.45, 2.75) is 19.4 Å². The lowest BCUT2D eigenvalue weighted by Gasteiger charge is -2.15. The van der Waals surface area contributed by atoms with E-state index in [4.69, 9.17) is 0 Å². The molecule has 0 aromatic heterocycles. The fraction of sp³-hybridized carbons (Fsp3) is 0.154. The second kappa shape index (κ2) is 9.58. The Morgan fingerprint density at radius 2 is 1.72 bits per heavy atom. The standard InChI is InChI=1S/C26H26NOP/c28-24-16-15-21(17-20-9-3-1-4-10-20)18-26(24)29-25-14-8-7-11-22(25)19-27-23-12-5-2-6-13-23/h1-9,11-16,18,20,27-29H,10,17,19H2. The number of para-hydroxylation sites is 1. The number of phenols is 1. The molecule has 1 aliphatic carbocycles. The topological polar surface area (TPSA) is 32.3 Å². The summed E-state index contributed by atoms with van der Waals surface area (Å²) in [7, 11) is 0.428. The minimum atomic E-state index is 0.386. The predicted octanol–water partition coefficient (Wildman–Crippen LogP) is 5.31. The SMILES string of the molecule is Oc1ccc(CC2C=CC=CC2)cc1Pc1ccccc1CNc1ccccc1. The quantitative estimate of drug-likeness (QED) is 0.528. The van der Waals surface area contributed by atoms with Crippen LogP contribution in [0, 0.1) is 5.92 Å². The number of anilines is 1. The summed E-state index contributed by atoms with van der Waals surface area (Å²) in [6.07, 6.45) is 10.8. The van der Waals surface area contributed by atoms with Crippen molar-refractivity contribution in [2.24, 2.45) is 5.92 Å². The molecular weight excluding hydrogens is 373 g/mol. The van der Waals surface area contributed by atoms with Gasteiger partial charge in [0, 0.05) is 17.5 Å². The van der Waals surface area contributed by atoms with Crippen molar-refractivity contribution in [1.82, 2.24) is 0 Å². The maximum atomic E-state index is 10.5. The van der Waals surface area contributed by atoms with Gasteiger partial charge in [0.15, 0.2) is 0 Å². The van der Waals surface area contributed by atoms with Crippen LogP contribution in [0.2, 0.25) is 0 Å². The first-order valence-electron chi connectivity index (χ1n) is 10.1. The van der Waals surface area contributed by atoms with Gasteiger partial charge in [0.25, 0.3) is 0 Å². The molecule has 1 aliphatic rings. The van der Waals surface area contributed by atoms with Crippen molar-refractivity contribution < 1.29 is 5.11 Å². The zero-order valence-electron chi connectivity index (χ0n) is 16.4. The van der Waals surface area contributed by atoms with Crippen LogP contribution in [0.4, 0.5) is 5.69 Å². The molecule has 3 aromatic carbocycles. The van der Waals surface area contributed by atoms with E-state index in [0.717, 1.165) is 30.4 Å². The van der Waals surface area contributed by atoms with Crippen LogP contribution in [0.25, 0.3) is 0 Å². The zero-order chi connectivity index (χ0) is 19.9. The number of hydrogen-bond acceptors (Lipinski definition) is 2. The molecule has 3 aromatic rings. The molecule has 146 valence electrons. The van der Waals surface area contributed by atoms with E-state index in [2.05, 4.69) is 78.2 Å². The van der Waals surface area contributed by atoms with Crippen LogP contribution in [0.5, 0.6) is 5.75 Å². The Morgan fingerprint density at radius 3 is 2.55 bits per heavy atom. The smallest absolute Gasteiger partial charge is 0.123 e. The third-order valence-electron chi connectivity index (χ3n) is 5.17. The van der Waals surface area contributed by atoms with Crippen LogP contribution >= 0.6 is 8.58 Å². The molecule has 0 aliphatic heterocycles. The Hall–Kier alpha value is -2.83. The van der Waals surface area contributed by atoms with Crippen molar-refractivity contribution in [3.8, 4) is 5.75 Å². The Balaban J connectivity index is 1.49. The molecule has 0 fully saturated rings.